The summed E-state index contributed by atoms with van der Waals surface area (Å²) in [5, 5.41) is 19.8. The number of carbonyl (C=O) groups is 1. The van der Waals surface area contributed by atoms with Crippen LogP contribution in [-0.2, 0) is 11.3 Å². The molecule has 11 nitrogen and oxygen atoms in total. The third kappa shape index (κ3) is 5.30. The van der Waals surface area contributed by atoms with Gasteiger partial charge in [0.25, 0.3) is 5.91 Å². The Labute approximate surface area is 207 Å². The highest BCUT2D eigenvalue weighted by molar-refractivity contribution is 5.86. The van der Waals surface area contributed by atoms with Crippen molar-refractivity contribution in [2.24, 2.45) is 5.10 Å². The maximum atomic E-state index is 12.4. The first kappa shape index (κ1) is 24.3. The van der Waals surface area contributed by atoms with Gasteiger partial charge in [-0.3, -0.25) is 4.79 Å². The molecule has 2 heterocycles. The lowest BCUT2D eigenvalue weighted by Gasteiger charge is -2.10. The average Bonchev–Trinajstić information content (AvgIpc) is 3.35. The summed E-state index contributed by atoms with van der Waals surface area (Å²) in [5.41, 5.74) is 6.63. The van der Waals surface area contributed by atoms with Gasteiger partial charge in [0, 0.05) is 6.92 Å². The van der Waals surface area contributed by atoms with Gasteiger partial charge in [-0.1, -0.05) is 35.4 Å². The first-order valence-electron chi connectivity index (χ1n) is 11.1. The molecule has 184 valence electrons. The lowest BCUT2D eigenvalue weighted by Crippen LogP contribution is -2.24. The van der Waals surface area contributed by atoms with Gasteiger partial charge in [0.05, 0.1) is 23.2 Å². The molecule has 0 aliphatic heterocycles. The number of aromatic nitrogens is 4. The van der Waals surface area contributed by atoms with Gasteiger partial charge in [-0.05, 0) is 50.0 Å². The molecular weight excluding hydrogens is 462 g/mol. The zero-order chi connectivity index (χ0) is 25.8. The zero-order valence-electron chi connectivity index (χ0n) is 20.3. The van der Waals surface area contributed by atoms with E-state index in [0.717, 1.165) is 23.0 Å². The number of hydrogen-bond donors (Lipinski definition) is 1. The Morgan fingerprint density at radius 2 is 1.72 bits per heavy atom. The van der Waals surface area contributed by atoms with Crippen LogP contribution in [0.25, 0.3) is 5.69 Å². The summed E-state index contributed by atoms with van der Waals surface area (Å²) in [4.78, 5) is 26.9. The van der Waals surface area contributed by atoms with Crippen molar-refractivity contribution in [3.8, 4) is 17.3 Å². The molecule has 0 atom stereocenters. The van der Waals surface area contributed by atoms with Crippen molar-refractivity contribution in [2.45, 2.75) is 34.2 Å². The lowest BCUT2D eigenvalue weighted by molar-refractivity contribution is -0.392. The fraction of sp³-hybridized carbons (Fsp3) is 0.200. The molecule has 1 amide bonds. The normalized spacial score (nSPS) is 11.1. The summed E-state index contributed by atoms with van der Waals surface area (Å²) in [6, 6.07) is 15.4. The molecule has 0 radical (unpaired) electrons. The average molecular weight is 488 g/mol. The molecule has 0 aliphatic rings. The van der Waals surface area contributed by atoms with E-state index in [2.05, 4.69) is 20.6 Å². The summed E-state index contributed by atoms with van der Waals surface area (Å²) in [7, 11) is 0. The van der Waals surface area contributed by atoms with Crippen LogP contribution in [0, 0.1) is 37.8 Å². The van der Waals surface area contributed by atoms with E-state index in [-0.39, 0.29) is 12.4 Å². The minimum atomic E-state index is -0.589. The van der Waals surface area contributed by atoms with Crippen molar-refractivity contribution in [3.63, 3.8) is 0 Å². The van der Waals surface area contributed by atoms with Crippen molar-refractivity contribution >= 4 is 17.9 Å². The number of hydrogen-bond acceptors (Lipinski definition) is 7. The zero-order valence-corrected chi connectivity index (χ0v) is 20.3. The van der Waals surface area contributed by atoms with Crippen LogP contribution in [0.5, 0.6) is 11.6 Å². The van der Waals surface area contributed by atoms with Gasteiger partial charge < -0.3 is 14.9 Å². The number of nitro groups is 1. The Bertz CT molecular complexity index is 1430. The Morgan fingerprint density at radius 3 is 2.36 bits per heavy atom. The summed E-state index contributed by atoms with van der Waals surface area (Å²) in [5.74, 6) is 0.593. The van der Waals surface area contributed by atoms with Crippen molar-refractivity contribution in [1.29, 1.82) is 0 Å². The van der Waals surface area contributed by atoms with Crippen LogP contribution in [0.4, 0.5) is 5.82 Å². The van der Waals surface area contributed by atoms with Gasteiger partial charge in [0.15, 0.2) is 12.4 Å². The number of benzene rings is 2. The third-order valence-corrected chi connectivity index (χ3v) is 5.48. The molecule has 0 bridgehead atoms. The lowest BCUT2D eigenvalue weighted by atomic mass is 10.2. The Morgan fingerprint density at radius 1 is 1.08 bits per heavy atom. The minimum Gasteiger partial charge on any atom is -0.438 e. The van der Waals surface area contributed by atoms with E-state index >= 15 is 0 Å². The molecule has 0 aliphatic carbocycles. The number of aryl methyl sites for hydroxylation is 4. The van der Waals surface area contributed by atoms with Gasteiger partial charge in [0.1, 0.15) is 11.9 Å². The largest absolute Gasteiger partial charge is 0.438 e. The second kappa shape index (κ2) is 10.2. The van der Waals surface area contributed by atoms with E-state index in [1.54, 1.807) is 11.6 Å². The Kier molecular flexibility index (Phi) is 6.91. The minimum absolute atomic E-state index is 0.268. The Hall–Kier alpha value is -4.80. The van der Waals surface area contributed by atoms with Crippen LogP contribution in [0.15, 0.2) is 59.8 Å². The molecule has 2 aromatic carbocycles. The number of nitrogens with one attached hydrogen (secondary N) is 1. The summed E-state index contributed by atoms with van der Waals surface area (Å²) < 4.78 is 9.09. The fourth-order valence-corrected chi connectivity index (χ4v) is 3.49. The summed E-state index contributed by atoms with van der Waals surface area (Å²) >= 11 is 0. The second-order valence-corrected chi connectivity index (χ2v) is 8.27. The first-order chi connectivity index (χ1) is 17.2. The number of ether oxygens (including phenoxy) is 1. The van der Waals surface area contributed by atoms with Crippen LogP contribution in [0.3, 0.4) is 0 Å². The number of nitrogens with zero attached hydrogens (tertiary/aromatic N) is 6. The van der Waals surface area contributed by atoms with E-state index in [4.69, 9.17) is 4.74 Å². The van der Waals surface area contributed by atoms with E-state index in [1.165, 1.54) is 10.8 Å². The monoisotopic (exact) mass is 487 g/mol. The van der Waals surface area contributed by atoms with Gasteiger partial charge >= 0.3 is 5.82 Å². The Balaban J connectivity index is 1.61. The highest BCUT2D eigenvalue weighted by atomic mass is 16.6. The van der Waals surface area contributed by atoms with E-state index in [0.29, 0.717) is 28.7 Å². The number of imidazole rings is 1. The van der Waals surface area contributed by atoms with Crippen LogP contribution in [0.1, 0.15) is 28.2 Å². The maximum Gasteiger partial charge on any atom is 0.343 e. The molecule has 1 N–H and O–H groups in total. The topological polar surface area (TPSA) is 129 Å². The standard InChI is InChI=1S/C25H25N7O4/c1-16-5-9-20(10-6-16)31-25(36-21-11-7-17(2)8-12-21)22(18(3)29-31)13-27-28-23(33)15-30-19(4)26-14-24(30)32(34)35/h5-14H,15H2,1-4H3,(H,28,33)/b27-13+. The number of amides is 1. The maximum absolute atomic E-state index is 12.4. The van der Waals surface area contributed by atoms with Gasteiger partial charge in [0.2, 0.25) is 5.88 Å². The number of hydrazone groups is 1. The fourth-order valence-electron chi connectivity index (χ4n) is 3.49. The van der Waals surface area contributed by atoms with E-state index in [9.17, 15) is 14.9 Å². The molecule has 2 aromatic heterocycles. The highest BCUT2D eigenvalue weighted by Gasteiger charge is 2.21. The molecule has 4 aromatic rings. The first-order valence-corrected chi connectivity index (χ1v) is 11.1. The van der Waals surface area contributed by atoms with E-state index in [1.807, 2.05) is 69.3 Å². The molecule has 36 heavy (non-hydrogen) atoms. The van der Waals surface area contributed by atoms with Crippen molar-refractivity contribution in [3.05, 3.63) is 93.1 Å². The van der Waals surface area contributed by atoms with E-state index < -0.39 is 10.8 Å². The molecule has 0 fully saturated rings. The summed E-state index contributed by atoms with van der Waals surface area (Å²) in [6.45, 7) is 7.09. The van der Waals surface area contributed by atoms with Gasteiger partial charge in [-0.2, -0.15) is 14.9 Å². The van der Waals surface area contributed by atoms with Crippen LogP contribution >= 0.6 is 0 Å². The molecule has 0 spiro atoms. The second-order valence-electron chi connectivity index (χ2n) is 8.27. The predicted octanol–water partition coefficient (Wildman–Crippen LogP) is 4.15. The van der Waals surface area contributed by atoms with Crippen molar-refractivity contribution < 1.29 is 14.5 Å². The van der Waals surface area contributed by atoms with Crippen molar-refractivity contribution in [2.75, 3.05) is 0 Å². The third-order valence-electron chi connectivity index (χ3n) is 5.48. The molecule has 11 heteroatoms. The van der Waals surface area contributed by atoms with Crippen LogP contribution in [-0.4, -0.2) is 36.4 Å². The summed E-state index contributed by atoms with van der Waals surface area (Å²) in [6.07, 6.45) is 2.56. The van der Waals surface area contributed by atoms with Crippen LogP contribution in [0.2, 0.25) is 0 Å². The highest BCUT2D eigenvalue weighted by Crippen LogP contribution is 2.30. The molecule has 0 saturated heterocycles. The van der Waals surface area contributed by atoms with Gasteiger partial charge in [-0.15, -0.1) is 0 Å². The van der Waals surface area contributed by atoms with Crippen LogP contribution < -0.4 is 10.2 Å². The molecule has 0 unspecified atom stereocenters. The molecule has 4 rings (SSSR count). The quantitative estimate of drug-likeness (QED) is 0.226. The molecular formula is C25H25N7O4. The van der Waals surface area contributed by atoms with Crippen molar-refractivity contribution in [1.82, 2.24) is 24.8 Å². The number of carbonyl (C=O) groups excluding carboxylic acids is 1. The smallest absolute Gasteiger partial charge is 0.343 e. The number of rotatable bonds is 8. The SMILES string of the molecule is Cc1ccc(Oc2c(/C=N/NC(=O)Cn3c([N+](=O)[O-])cnc3C)c(C)nn2-c2ccc(C)cc2)cc1. The van der Waals surface area contributed by atoms with Gasteiger partial charge in [-0.25, -0.2) is 15.0 Å². The predicted molar refractivity (Wildman–Crippen MR) is 134 cm³/mol. The molecule has 0 saturated carbocycles.